The first-order valence-corrected chi connectivity index (χ1v) is 6.68. The van der Waals surface area contributed by atoms with Crippen LogP contribution < -0.4 is 5.32 Å². The van der Waals surface area contributed by atoms with Crippen LogP contribution in [0.1, 0.15) is 29.7 Å². The van der Waals surface area contributed by atoms with Gasteiger partial charge in [0.05, 0.1) is 27.8 Å². The van der Waals surface area contributed by atoms with Gasteiger partial charge in [0.15, 0.2) is 0 Å². The monoisotopic (exact) mass is 279 g/mol. The maximum Gasteiger partial charge on any atom is 0.0863 e. The Labute approximate surface area is 118 Å². The van der Waals surface area contributed by atoms with E-state index in [2.05, 4.69) is 20.4 Å². The fourth-order valence-corrected chi connectivity index (χ4v) is 2.19. The molecule has 0 saturated heterocycles. The van der Waals surface area contributed by atoms with Crippen molar-refractivity contribution < 1.29 is 0 Å². The van der Waals surface area contributed by atoms with Crippen molar-refractivity contribution in [2.75, 3.05) is 0 Å². The summed E-state index contributed by atoms with van der Waals surface area (Å²) in [5.74, 6) is 0. The second-order valence-corrected chi connectivity index (χ2v) is 4.82. The number of aryl methyl sites for hydroxylation is 3. The topological polar surface area (TPSA) is 55.6 Å². The summed E-state index contributed by atoms with van der Waals surface area (Å²) in [6.07, 6.45) is 4.39. The van der Waals surface area contributed by atoms with Crippen molar-refractivity contribution in [1.29, 1.82) is 0 Å². The summed E-state index contributed by atoms with van der Waals surface area (Å²) >= 11 is 6.28. The highest BCUT2D eigenvalue weighted by atomic mass is 35.5. The number of rotatable bonds is 5. The van der Waals surface area contributed by atoms with Crippen molar-refractivity contribution in [2.45, 2.75) is 33.4 Å². The van der Waals surface area contributed by atoms with E-state index in [4.69, 9.17) is 11.6 Å². The minimum Gasteiger partial charge on any atom is -0.305 e. The van der Waals surface area contributed by atoms with Crippen LogP contribution in [-0.2, 0) is 26.6 Å². The Morgan fingerprint density at radius 3 is 2.63 bits per heavy atom. The number of aromatic nitrogens is 4. The zero-order chi connectivity index (χ0) is 13.8. The van der Waals surface area contributed by atoms with Crippen LogP contribution in [0.5, 0.6) is 0 Å². The molecule has 2 heterocycles. The van der Waals surface area contributed by atoms with Gasteiger partial charge in [0.2, 0.25) is 0 Å². The lowest BCUT2D eigenvalue weighted by Gasteiger charge is -2.05. The predicted molar refractivity (Wildman–Crippen MR) is 74.9 cm³/mol. The van der Waals surface area contributed by atoms with Gasteiger partial charge >= 0.3 is 0 Å². The van der Waals surface area contributed by atoms with E-state index in [1.807, 2.05) is 25.6 Å². The summed E-state index contributed by atoms with van der Waals surface area (Å²) < 4.78 is 1.83. The smallest absolute Gasteiger partial charge is 0.0863 e. The first-order valence-electron chi connectivity index (χ1n) is 6.30. The minimum absolute atomic E-state index is 0.663. The summed E-state index contributed by atoms with van der Waals surface area (Å²) in [5, 5.41) is 8.45. The quantitative estimate of drug-likeness (QED) is 0.910. The number of hydrogen-bond donors (Lipinski definition) is 1. The maximum atomic E-state index is 6.28. The van der Waals surface area contributed by atoms with E-state index in [-0.39, 0.29) is 0 Å². The third kappa shape index (κ3) is 3.30. The van der Waals surface area contributed by atoms with Crippen LogP contribution in [0.4, 0.5) is 0 Å². The Bertz CT molecular complexity index is 547. The van der Waals surface area contributed by atoms with Crippen molar-refractivity contribution in [3.63, 3.8) is 0 Å². The standard InChI is InChI=1S/C13H18ClN5/c1-4-11-13(14)12(19(3)18-11)8-15-6-10-7-16-9(2)5-17-10/h5,7,15H,4,6,8H2,1-3H3. The predicted octanol–water partition coefficient (Wildman–Crippen LogP) is 2.02. The molecule has 102 valence electrons. The average Bonchev–Trinajstić information content (AvgIpc) is 2.68. The van der Waals surface area contributed by atoms with Crippen LogP contribution in [-0.4, -0.2) is 19.7 Å². The van der Waals surface area contributed by atoms with E-state index >= 15 is 0 Å². The third-order valence-corrected chi connectivity index (χ3v) is 3.37. The molecule has 0 aromatic carbocycles. The summed E-state index contributed by atoms with van der Waals surface area (Å²) in [5.41, 5.74) is 3.78. The van der Waals surface area contributed by atoms with Crippen LogP contribution in [0.3, 0.4) is 0 Å². The maximum absolute atomic E-state index is 6.28. The van der Waals surface area contributed by atoms with E-state index < -0.39 is 0 Å². The van der Waals surface area contributed by atoms with E-state index in [0.29, 0.717) is 13.1 Å². The Hall–Kier alpha value is -1.46. The molecular formula is C13H18ClN5. The van der Waals surface area contributed by atoms with E-state index in [1.54, 1.807) is 12.4 Å². The van der Waals surface area contributed by atoms with Gasteiger partial charge < -0.3 is 5.32 Å². The molecule has 0 spiro atoms. The highest BCUT2D eigenvalue weighted by Gasteiger charge is 2.12. The molecule has 0 aliphatic heterocycles. The van der Waals surface area contributed by atoms with Crippen LogP contribution in [0, 0.1) is 6.92 Å². The van der Waals surface area contributed by atoms with Crippen LogP contribution >= 0.6 is 11.6 Å². The van der Waals surface area contributed by atoms with Crippen LogP contribution in [0.15, 0.2) is 12.4 Å². The van der Waals surface area contributed by atoms with Gasteiger partial charge in [-0.2, -0.15) is 5.10 Å². The number of hydrogen-bond acceptors (Lipinski definition) is 4. The molecule has 0 aliphatic rings. The first-order chi connectivity index (χ1) is 9.11. The number of nitrogens with one attached hydrogen (secondary N) is 1. The first kappa shape index (κ1) is 14.0. The molecule has 19 heavy (non-hydrogen) atoms. The summed E-state index contributed by atoms with van der Waals surface area (Å²) in [7, 11) is 1.91. The van der Waals surface area contributed by atoms with Gasteiger partial charge in [0.25, 0.3) is 0 Å². The average molecular weight is 280 g/mol. The van der Waals surface area contributed by atoms with Gasteiger partial charge in [-0.05, 0) is 13.3 Å². The largest absolute Gasteiger partial charge is 0.305 e. The lowest BCUT2D eigenvalue weighted by molar-refractivity contribution is 0.616. The van der Waals surface area contributed by atoms with Gasteiger partial charge in [-0.25, -0.2) is 0 Å². The molecule has 0 saturated carbocycles. The molecule has 0 aliphatic carbocycles. The molecule has 2 rings (SSSR count). The summed E-state index contributed by atoms with van der Waals surface area (Å²) in [6, 6.07) is 0. The highest BCUT2D eigenvalue weighted by Crippen LogP contribution is 2.20. The molecule has 0 unspecified atom stereocenters. The lowest BCUT2D eigenvalue weighted by Crippen LogP contribution is -2.16. The highest BCUT2D eigenvalue weighted by molar-refractivity contribution is 6.31. The van der Waals surface area contributed by atoms with Crippen molar-refractivity contribution in [2.24, 2.45) is 7.05 Å². The van der Waals surface area contributed by atoms with Crippen molar-refractivity contribution >= 4 is 11.6 Å². The Morgan fingerprint density at radius 2 is 2.05 bits per heavy atom. The molecule has 2 aromatic heterocycles. The molecule has 0 atom stereocenters. The second-order valence-electron chi connectivity index (χ2n) is 4.44. The fraction of sp³-hybridized carbons (Fsp3) is 0.462. The fourth-order valence-electron chi connectivity index (χ4n) is 1.83. The van der Waals surface area contributed by atoms with Crippen LogP contribution in [0.2, 0.25) is 5.02 Å². The molecule has 0 bridgehead atoms. The summed E-state index contributed by atoms with van der Waals surface area (Å²) in [4.78, 5) is 8.51. The molecule has 5 nitrogen and oxygen atoms in total. The molecule has 1 N–H and O–H groups in total. The van der Waals surface area contributed by atoms with Gasteiger partial charge in [0.1, 0.15) is 0 Å². The van der Waals surface area contributed by atoms with E-state index in [0.717, 1.165) is 34.2 Å². The van der Waals surface area contributed by atoms with Gasteiger partial charge in [-0.3, -0.25) is 14.6 Å². The van der Waals surface area contributed by atoms with Crippen LogP contribution in [0.25, 0.3) is 0 Å². The molecule has 0 radical (unpaired) electrons. The molecule has 0 amide bonds. The lowest BCUT2D eigenvalue weighted by atomic mass is 10.3. The van der Waals surface area contributed by atoms with E-state index in [1.165, 1.54) is 0 Å². The molecule has 2 aromatic rings. The Kier molecular flexibility index (Phi) is 4.50. The van der Waals surface area contributed by atoms with E-state index in [9.17, 15) is 0 Å². The van der Waals surface area contributed by atoms with Crippen molar-refractivity contribution in [3.8, 4) is 0 Å². The van der Waals surface area contributed by atoms with Crippen molar-refractivity contribution in [1.82, 2.24) is 25.1 Å². The number of halogens is 1. The number of nitrogens with zero attached hydrogens (tertiary/aromatic N) is 4. The Morgan fingerprint density at radius 1 is 1.26 bits per heavy atom. The zero-order valence-electron chi connectivity index (χ0n) is 11.4. The second kappa shape index (κ2) is 6.12. The SMILES string of the molecule is CCc1nn(C)c(CNCc2cnc(C)cn2)c1Cl. The van der Waals surface area contributed by atoms with Crippen molar-refractivity contribution in [3.05, 3.63) is 40.2 Å². The molecule has 0 fully saturated rings. The van der Waals surface area contributed by atoms with Gasteiger partial charge in [0, 0.05) is 32.5 Å². The minimum atomic E-state index is 0.663. The molecular weight excluding hydrogens is 262 g/mol. The van der Waals surface area contributed by atoms with Gasteiger partial charge in [-0.1, -0.05) is 18.5 Å². The third-order valence-electron chi connectivity index (χ3n) is 2.94. The Balaban J connectivity index is 1.96. The molecule has 6 heteroatoms. The summed E-state index contributed by atoms with van der Waals surface area (Å²) in [6.45, 7) is 5.30. The van der Waals surface area contributed by atoms with Gasteiger partial charge in [-0.15, -0.1) is 0 Å². The zero-order valence-corrected chi connectivity index (χ0v) is 12.2. The normalized spacial score (nSPS) is 10.9.